The third-order valence-corrected chi connectivity index (χ3v) is 4.62. The molecular weight excluding hydrogens is 465 g/mol. The fraction of sp³-hybridized carbons (Fsp3) is 0.579. The van der Waals surface area contributed by atoms with Crippen molar-refractivity contribution >= 4 is 35.8 Å². The van der Waals surface area contributed by atoms with Gasteiger partial charge in [-0.05, 0) is 37.0 Å². The fourth-order valence-corrected chi connectivity index (χ4v) is 3.19. The van der Waals surface area contributed by atoms with Gasteiger partial charge < -0.3 is 16.0 Å². The summed E-state index contributed by atoms with van der Waals surface area (Å²) in [5, 5.41) is 8.87. The monoisotopic (exact) mass is 494 g/mol. The lowest BCUT2D eigenvalue weighted by atomic mass is 9.87. The first-order chi connectivity index (χ1) is 12.6. The van der Waals surface area contributed by atoms with Gasteiger partial charge in [0.1, 0.15) is 11.6 Å². The van der Waals surface area contributed by atoms with Crippen molar-refractivity contribution in [2.75, 3.05) is 20.1 Å². The molecule has 1 aromatic rings. The van der Waals surface area contributed by atoms with Crippen molar-refractivity contribution in [3.63, 3.8) is 0 Å². The molecular formula is C19H29F2IN4O. The van der Waals surface area contributed by atoms with Crippen LogP contribution in [0.1, 0.15) is 44.1 Å². The minimum absolute atomic E-state index is 0. The van der Waals surface area contributed by atoms with Crippen LogP contribution < -0.4 is 16.0 Å². The number of rotatable bonds is 7. The number of benzene rings is 1. The Morgan fingerprint density at radius 1 is 1.11 bits per heavy atom. The summed E-state index contributed by atoms with van der Waals surface area (Å²) in [5.74, 6) is 0.127. The topological polar surface area (TPSA) is 65.5 Å². The van der Waals surface area contributed by atoms with Crippen LogP contribution in [0.15, 0.2) is 23.2 Å². The first kappa shape index (κ1) is 23.6. The van der Waals surface area contributed by atoms with Crippen molar-refractivity contribution < 1.29 is 13.6 Å². The molecule has 0 bridgehead atoms. The first-order valence-corrected chi connectivity index (χ1v) is 9.23. The Morgan fingerprint density at radius 3 is 2.52 bits per heavy atom. The molecule has 0 aromatic heterocycles. The summed E-state index contributed by atoms with van der Waals surface area (Å²) in [6.07, 6.45) is 6.65. The molecule has 0 unspecified atom stereocenters. The third-order valence-electron chi connectivity index (χ3n) is 4.62. The molecule has 1 amide bonds. The summed E-state index contributed by atoms with van der Waals surface area (Å²) in [4.78, 5) is 16.0. The Bertz CT molecular complexity index is 622. The van der Waals surface area contributed by atoms with Gasteiger partial charge in [-0.15, -0.1) is 24.0 Å². The summed E-state index contributed by atoms with van der Waals surface area (Å²) in [6, 6.07) is 3.34. The van der Waals surface area contributed by atoms with Crippen LogP contribution in [-0.2, 0) is 11.3 Å². The number of nitrogens with zero attached hydrogens (tertiary/aromatic N) is 1. The zero-order valence-corrected chi connectivity index (χ0v) is 18.0. The van der Waals surface area contributed by atoms with Crippen molar-refractivity contribution in [1.82, 2.24) is 16.0 Å². The molecule has 8 heteroatoms. The van der Waals surface area contributed by atoms with Crippen molar-refractivity contribution in [3.05, 3.63) is 35.4 Å². The quantitative estimate of drug-likeness (QED) is 0.236. The smallest absolute Gasteiger partial charge is 0.220 e. The van der Waals surface area contributed by atoms with Crippen LogP contribution in [0.25, 0.3) is 0 Å². The van der Waals surface area contributed by atoms with Crippen molar-refractivity contribution in [1.29, 1.82) is 0 Å². The Labute approximate surface area is 176 Å². The Balaban J connectivity index is 0.00000364. The van der Waals surface area contributed by atoms with Gasteiger partial charge in [-0.2, -0.15) is 0 Å². The van der Waals surface area contributed by atoms with Gasteiger partial charge in [-0.25, -0.2) is 8.78 Å². The molecule has 27 heavy (non-hydrogen) atoms. The maximum Gasteiger partial charge on any atom is 0.220 e. The van der Waals surface area contributed by atoms with Gasteiger partial charge in [-0.3, -0.25) is 9.79 Å². The second-order valence-corrected chi connectivity index (χ2v) is 6.65. The number of halogens is 3. The average Bonchev–Trinajstić information content (AvgIpc) is 2.64. The summed E-state index contributed by atoms with van der Waals surface area (Å²) in [5.41, 5.74) is 0.230. The number of aliphatic imine (C=N–C) groups is 1. The van der Waals surface area contributed by atoms with Crippen molar-refractivity contribution in [2.45, 2.75) is 45.1 Å². The number of guanidine groups is 1. The van der Waals surface area contributed by atoms with Gasteiger partial charge in [0, 0.05) is 38.7 Å². The molecule has 0 spiro atoms. The lowest BCUT2D eigenvalue weighted by molar-refractivity contribution is -0.122. The molecule has 0 atom stereocenters. The molecule has 1 aliphatic rings. The Morgan fingerprint density at radius 2 is 1.81 bits per heavy atom. The number of amides is 1. The van der Waals surface area contributed by atoms with Crippen molar-refractivity contribution in [2.24, 2.45) is 10.9 Å². The SMILES string of the molecule is CN=C(NCCNC(=O)CC1CCCCC1)NCc1cc(F)ccc1F.I. The summed E-state index contributed by atoms with van der Waals surface area (Å²) in [6.45, 7) is 1.11. The molecule has 3 N–H and O–H groups in total. The standard InChI is InChI=1S/C19H28F2N4O.HI/c1-22-19(25-13-15-12-16(20)7-8-17(15)21)24-10-9-23-18(26)11-14-5-3-2-4-6-14;/h7-8,12,14H,2-6,9-11,13H2,1H3,(H,23,26)(H2,22,24,25);1H. The van der Waals surface area contributed by atoms with Crippen LogP contribution in [-0.4, -0.2) is 32.0 Å². The third kappa shape index (κ3) is 8.85. The molecule has 0 radical (unpaired) electrons. The second kappa shape index (κ2) is 12.9. The van der Waals surface area contributed by atoms with Gasteiger partial charge in [0.25, 0.3) is 0 Å². The zero-order valence-electron chi connectivity index (χ0n) is 15.7. The minimum atomic E-state index is -0.480. The largest absolute Gasteiger partial charge is 0.355 e. The second-order valence-electron chi connectivity index (χ2n) is 6.65. The van der Waals surface area contributed by atoms with E-state index in [4.69, 9.17) is 0 Å². The van der Waals surface area contributed by atoms with Crippen LogP contribution in [0.3, 0.4) is 0 Å². The van der Waals surface area contributed by atoms with E-state index in [0.29, 0.717) is 31.4 Å². The van der Waals surface area contributed by atoms with E-state index in [0.717, 1.165) is 31.0 Å². The minimum Gasteiger partial charge on any atom is -0.355 e. The van der Waals surface area contributed by atoms with Crippen LogP contribution in [0.5, 0.6) is 0 Å². The molecule has 152 valence electrons. The highest BCUT2D eigenvalue weighted by Gasteiger charge is 2.16. The van der Waals surface area contributed by atoms with E-state index in [-0.39, 0.29) is 42.0 Å². The molecule has 5 nitrogen and oxygen atoms in total. The molecule has 0 saturated heterocycles. The number of hydrogen-bond donors (Lipinski definition) is 3. The van der Waals surface area contributed by atoms with Crippen LogP contribution in [0.2, 0.25) is 0 Å². The van der Waals surface area contributed by atoms with Crippen LogP contribution in [0, 0.1) is 17.6 Å². The fourth-order valence-electron chi connectivity index (χ4n) is 3.19. The average molecular weight is 494 g/mol. The Kier molecular flexibility index (Phi) is 11.2. The number of hydrogen-bond acceptors (Lipinski definition) is 2. The Hall–Kier alpha value is -1.45. The summed E-state index contributed by atoms with van der Waals surface area (Å²) in [7, 11) is 1.60. The van der Waals surface area contributed by atoms with E-state index < -0.39 is 11.6 Å². The van der Waals surface area contributed by atoms with Crippen LogP contribution in [0.4, 0.5) is 8.78 Å². The first-order valence-electron chi connectivity index (χ1n) is 9.23. The predicted molar refractivity (Wildman–Crippen MR) is 114 cm³/mol. The maximum absolute atomic E-state index is 13.6. The van der Waals surface area contributed by atoms with Gasteiger partial charge >= 0.3 is 0 Å². The predicted octanol–water partition coefficient (Wildman–Crippen LogP) is 3.33. The molecule has 2 rings (SSSR count). The molecule has 1 fully saturated rings. The van der Waals surface area contributed by atoms with E-state index in [2.05, 4.69) is 20.9 Å². The zero-order chi connectivity index (χ0) is 18.8. The van der Waals surface area contributed by atoms with E-state index in [1.807, 2.05) is 0 Å². The van der Waals surface area contributed by atoms with E-state index in [9.17, 15) is 13.6 Å². The molecule has 1 aliphatic carbocycles. The van der Waals surface area contributed by atoms with Gasteiger partial charge in [0.2, 0.25) is 5.91 Å². The summed E-state index contributed by atoms with van der Waals surface area (Å²) < 4.78 is 26.8. The molecule has 1 saturated carbocycles. The van der Waals surface area contributed by atoms with Gasteiger partial charge in [0.05, 0.1) is 0 Å². The lowest BCUT2D eigenvalue weighted by Crippen LogP contribution is -2.41. The van der Waals surface area contributed by atoms with E-state index >= 15 is 0 Å². The lowest BCUT2D eigenvalue weighted by Gasteiger charge is -2.20. The highest BCUT2D eigenvalue weighted by atomic mass is 127. The molecule has 0 heterocycles. The van der Waals surface area contributed by atoms with Crippen LogP contribution >= 0.6 is 24.0 Å². The highest BCUT2D eigenvalue weighted by molar-refractivity contribution is 14.0. The highest BCUT2D eigenvalue weighted by Crippen LogP contribution is 2.25. The van der Waals surface area contributed by atoms with E-state index in [1.54, 1.807) is 7.05 Å². The van der Waals surface area contributed by atoms with Gasteiger partial charge in [-0.1, -0.05) is 19.3 Å². The normalized spacial score (nSPS) is 15.0. The number of carbonyl (C=O) groups excluding carboxylic acids is 1. The maximum atomic E-state index is 13.6. The number of nitrogens with one attached hydrogen (secondary N) is 3. The van der Waals surface area contributed by atoms with Gasteiger partial charge in [0.15, 0.2) is 5.96 Å². The van der Waals surface area contributed by atoms with E-state index in [1.165, 1.54) is 19.3 Å². The summed E-state index contributed by atoms with van der Waals surface area (Å²) >= 11 is 0. The molecule has 1 aromatic carbocycles. The molecule has 0 aliphatic heterocycles. The number of carbonyl (C=O) groups is 1. The van der Waals surface area contributed by atoms with Crippen molar-refractivity contribution in [3.8, 4) is 0 Å².